The van der Waals surface area contributed by atoms with E-state index in [4.69, 9.17) is 5.39 Å². The lowest BCUT2D eigenvalue weighted by Crippen LogP contribution is -1.84. The van der Waals surface area contributed by atoms with Gasteiger partial charge in [0.05, 0.1) is 0 Å². The molecule has 1 N–H and O–H groups in total. The Morgan fingerprint density at radius 2 is 1.20 bits per heavy atom. The SMILES string of the molecule is CCCCCCCCCCCCCCC/C(O)=C/[N+]#N. The predicted molar refractivity (Wildman–Crippen MR) is 86.1 cm³/mol. The fourth-order valence-electron chi connectivity index (χ4n) is 2.46. The van der Waals surface area contributed by atoms with Crippen LogP contribution in [0.1, 0.15) is 96.8 Å². The first-order valence-corrected chi connectivity index (χ1v) is 8.53. The summed E-state index contributed by atoms with van der Waals surface area (Å²) in [6.45, 7) is 2.26. The Kier molecular flexibility index (Phi) is 15.2. The summed E-state index contributed by atoms with van der Waals surface area (Å²) in [6.07, 6.45) is 19.0. The molecule has 20 heavy (non-hydrogen) atoms. The zero-order chi connectivity index (χ0) is 14.9. The molecule has 0 rings (SSSR count). The van der Waals surface area contributed by atoms with E-state index in [1.54, 1.807) is 0 Å². The molecule has 3 heteroatoms. The Hall–Kier alpha value is -1.04. The summed E-state index contributed by atoms with van der Waals surface area (Å²) in [5.41, 5.74) is 0. The number of allylic oxidation sites excluding steroid dienone is 1. The number of aliphatic hydroxyl groups is 1. The molecule has 0 aromatic carbocycles. The fourth-order valence-corrected chi connectivity index (χ4v) is 2.46. The number of unbranched alkanes of at least 4 members (excludes halogenated alkanes) is 12. The van der Waals surface area contributed by atoms with Crippen molar-refractivity contribution in [3.05, 3.63) is 16.9 Å². The third-order valence-corrected chi connectivity index (χ3v) is 3.74. The van der Waals surface area contributed by atoms with Crippen molar-refractivity contribution in [1.82, 2.24) is 0 Å². The lowest BCUT2D eigenvalue weighted by atomic mass is 10.0. The molecule has 0 saturated heterocycles. The van der Waals surface area contributed by atoms with E-state index in [2.05, 4.69) is 11.9 Å². The Balaban J connectivity index is 3.07. The summed E-state index contributed by atoms with van der Waals surface area (Å²) < 4.78 is 0. The van der Waals surface area contributed by atoms with Gasteiger partial charge in [-0.1, -0.05) is 84.0 Å². The molecule has 0 aliphatic rings. The summed E-state index contributed by atoms with van der Waals surface area (Å²) in [5, 5.41) is 17.5. The molecular weight excluding hydrogens is 248 g/mol. The highest BCUT2D eigenvalue weighted by Crippen LogP contribution is 2.13. The number of hydrogen-bond acceptors (Lipinski definition) is 2. The van der Waals surface area contributed by atoms with Crippen LogP contribution in [0.4, 0.5) is 0 Å². The Morgan fingerprint density at radius 1 is 0.800 bits per heavy atom. The van der Waals surface area contributed by atoms with Gasteiger partial charge < -0.3 is 5.11 Å². The molecule has 0 spiro atoms. The van der Waals surface area contributed by atoms with Gasteiger partial charge in [0.25, 0.3) is 0 Å². The van der Waals surface area contributed by atoms with E-state index < -0.39 is 0 Å². The van der Waals surface area contributed by atoms with Crippen molar-refractivity contribution in [2.24, 2.45) is 0 Å². The Morgan fingerprint density at radius 3 is 1.60 bits per heavy atom. The summed E-state index contributed by atoms with van der Waals surface area (Å²) in [7, 11) is 0. The second-order valence-corrected chi connectivity index (χ2v) is 5.73. The van der Waals surface area contributed by atoms with E-state index in [9.17, 15) is 5.11 Å². The van der Waals surface area contributed by atoms with Gasteiger partial charge in [-0.2, -0.15) is 0 Å². The highest BCUT2D eigenvalue weighted by molar-refractivity contribution is 4.94. The van der Waals surface area contributed by atoms with Crippen LogP contribution in [0, 0.1) is 5.39 Å². The van der Waals surface area contributed by atoms with E-state index in [0.29, 0.717) is 6.42 Å². The maximum absolute atomic E-state index is 9.23. The smallest absolute Gasteiger partial charge is 0.387 e. The lowest BCUT2D eigenvalue weighted by molar-refractivity contribution is 0.380. The van der Waals surface area contributed by atoms with Crippen molar-refractivity contribution < 1.29 is 5.11 Å². The third kappa shape index (κ3) is 15.0. The Labute approximate surface area is 125 Å². The summed E-state index contributed by atoms with van der Waals surface area (Å²) in [4.78, 5) is 2.80. The summed E-state index contributed by atoms with van der Waals surface area (Å²) in [6, 6.07) is 0. The molecule has 0 aromatic heterocycles. The molecule has 0 atom stereocenters. The van der Waals surface area contributed by atoms with Gasteiger partial charge in [0, 0.05) is 6.42 Å². The maximum Gasteiger partial charge on any atom is 0.387 e. The number of diazo groups is 1. The molecule has 0 saturated carbocycles. The molecule has 0 aliphatic carbocycles. The van der Waals surface area contributed by atoms with Crippen LogP contribution in [0.5, 0.6) is 0 Å². The average Bonchev–Trinajstić information content (AvgIpc) is 2.44. The predicted octanol–water partition coefficient (Wildman–Crippen LogP) is 6.72. The van der Waals surface area contributed by atoms with E-state index in [1.807, 2.05) is 0 Å². The van der Waals surface area contributed by atoms with Crippen molar-refractivity contribution in [2.45, 2.75) is 96.8 Å². The fraction of sp³-hybridized carbons (Fsp3) is 0.882. The van der Waals surface area contributed by atoms with Gasteiger partial charge in [0.2, 0.25) is 5.39 Å². The molecule has 0 radical (unpaired) electrons. The van der Waals surface area contributed by atoms with Gasteiger partial charge >= 0.3 is 6.20 Å². The second kappa shape index (κ2) is 16.0. The first kappa shape index (κ1) is 19.0. The van der Waals surface area contributed by atoms with Crippen molar-refractivity contribution in [3.63, 3.8) is 0 Å². The molecule has 0 bridgehead atoms. The molecular formula is C17H33N2O+. The molecule has 0 aromatic rings. The first-order chi connectivity index (χ1) is 9.81. The molecule has 0 amide bonds. The summed E-state index contributed by atoms with van der Waals surface area (Å²) >= 11 is 0. The van der Waals surface area contributed by atoms with E-state index in [-0.39, 0.29) is 5.76 Å². The lowest BCUT2D eigenvalue weighted by Gasteiger charge is -2.02. The number of aliphatic hydroxyl groups excluding tert-OH is 1. The van der Waals surface area contributed by atoms with Crippen LogP contribution in [0.25, 0.3) is 4.98 Å². The molecule has 0 heterocycles. The quantitative estimate of drug-likeness (QED) is 0.218. The topological polar surface area (TPSA) is 48.4 Å². The van der Waals surface area contributed by atoms with Crippen molar-refractivity contribution >= 4 is 0 Å². The standard InChI is InChI=1S/C17H32N2O/c1-2-3-4-5-6-7-8-9-10-11-12-13-14-15-17(20)16-19-18/h16H,2-15H2,1H3/p+1/b17-16-. The van der Waals surface area contributed by atoms with Crippen LogP contribution in [0.2, 0.25) is 0 Å². The van der Waals surface area contributed by atoms with E-state index in [1.165, 1.54) is 70.6 Å². The van der Waals surface area contributed by atoms with Gasteiger partial charge in [0.1, 0.15) is 0 Å². The number of nitrogens with zero attached hydrogens (tertiary/aromatic N) is 2. The Bertz CT molecular complexity index is 269. The van der Waals surface area contributed by atoms with E-state index >= 15 is 0 Å². The molecule has 0 unspecified atom stereocenters. The third-order valence-electron chi connectivity index (χ3n) is 3.74. The number of hydrogen-bond donors (Lipinski definition) is 1. The van der Waals surface area contributed by atoms with Gasteiger partial charge in [-0.05, 0) is 6.42 Å². The van der Waals surface area contributed by atoms with Crippen molar-refractivity contribution in [1.29, 1.82) is 5.39 Å². The van der Waals surface area contributed by atoms with Gasteiger partial charge in [-0.15, -0.1) is 0 Å². The minimum atomic E-state index is 0.176. The van der Waals surface area contributed by atoms with Crippen LogP contribution < -0.4 is 0 Å². The van der Waals surface area contributed by atoms with Crippen LogP contribution >= 0.6 is 0 Å². The van der Waals surface area contributed by atoms with Gasteiger partial charge in [-0.25, -0.2) is 0 Å². The normalized spacial score (nSPS) is 11.5. The molecule has 3 nitrogen and oxygen atoms in total. The van der Waals surface area contributed by atoms with Gasteiger partial charge in [0.15, 0.2) is 10.7 Å². The molecule has 116 valence electrons. The summed E-state index contributed by atoms with van der Waals surface area (Å²) in [5.74, 6) is 0.176. The minimum absolute atomic E-state index is 0.176. The first-order valence-electron chi connectivity index (χ1n) is 8.53. The number of rotatable bonds is 14. The minimum Gasteiger partial charge on any atom is -0.505 e. The van der Waals surface area contributed by atoms with Gasteiger partial charge in [-0.3, -0.25) is 0 Å². The van der Waals surface area contributed by atoms with Crippen molar-refractivity contribution in [3.8, 4) is 0 Å². The highest BCUT2D eigenvalue weighted by Gasteiger charge is 1.99. The highest BCUT2D eigenvalue weighted by atomic mass is 16.3. The van der Waals surface area contributed by atoms with Crippen LogP contribution in [-0.4, -0.2) is 5.11 Å². The monoisotopic (exact) mass is 281 g/mol. The van der Waals surface area contributed by atoms with Crippen LogP contribution in [0.3, 0.4) is 0 Å². The zero-order valence-electron chi connectivity index (χ0n) is 13.3. The largest absolute Gasteiger partial charge is 0.505 e. The van der Waals surface area contributed by atoms with Crippen LogP contribution in [0.15, 0.2) is 12.0 Å². The second-order valence-electron chi connectivity index (χ2n) is 5.73. The molecule has 0 fully saturated rings. The maximum atomic E-state index is 9.23. The van der Waals surface area contributed by atoms with Crippen LogP contribution in [-0.2, 0) is 0 Å². The van der Waals surface area contributed by atoms with Crippen molar-refractivity contribution in [2.75, 3.05) is 0 Å². The average molecular weight is 281 g/mol. The molecule has 0 aliphatic heterocycles. The van der Waals surface area contributed by atoms with E-state index in [0.717, 1.165) is 19.0 Å². The zero-order valence-corrected chi connectivity index (χ0v) is 13.3.